The topological polar surface area (TPSA) is 259 Å². The SMILES string of the molecule is C#CC[C@@H]1NC(=O)C(C)(C)/C=C/c2cc3cc(ccc3cn2)[C@@H](C)OC(=O)[C@@H]2CCCN(N2)C(=O)[C@H](C)NC1=O.C=CC[C@@H]1NC(=O)C(C)(C)/C=C/c2cc3cc(ccc3cn2)[C@@H](C)OC(=O)[C@@H]2CCCN(N2)C(=O)[C@H](C)NC1=O. The molecule has 2 aromatic heterocycles. The summed E-state index contributed by atoms with van der Waals surface area (Å²) in [5.41, 5.74) is 6.89. The number of hydrazine groups is 2. The Morgan fingerprint density at radius 1 is 0.625 bits per heavy atom. The molecule has 80 heavy (non-hydrogen) atoms. The van der Waals surface area contributed by atoms with Crippen LogP contribution in [-0.2, 0) is 47.8 Å². The number of rotatable bonds is 3. The Morgan fingerprint density at radius 2 is 1.05 bits per heavy atom. The molecule has 2 aromatic carbocycles. The van der Waals surface area contributed by atoms with Gasteiger partial charge in [-0.3, -0.25) is 58.3 Å². The molecule has 0 spiro atoms. The van der Waals surface area contributed by atoms with Gasteiger partial charge in [0.05, 0.1) is 22.2 Å². The van der Waals surface area contributed by atoms with Gasteiger partial charge in [0.1, 0.15) is 48.5 Å². The minimum atomic E-state index is -1.04. The highest BCUT2D eigenvalue weighted by Crippen LogP contribution is 2.28. The number of fused-ring (bicyclic) bond motifs is 8. The number of cyclic esters (lactones) is 2. The largest absolute Gasteiger partial charge is 0.457 e. The zero-order valence-electron chi connectivity index (χ0n) is 46.6. The zero-order valence-corrected chi connectivity index (χ0v) is 46.6. The van der Waals surface area contributed by atoms with Crippen molar-refractivity contribution in [2.24, 2.45) is 10.8 Å². The van der Waals surface area contributed by atoms with Gasteiger partial charge in [0.15, 0.2) is 0 Å². The van der Waals surface area contributed by atoms with Crippen LogP contribution in [0.1, 0.15) is 129 Å². The molecule has 0 aliphatic carbocycles. The van der Waals surface area contributed by atoms with E-state index in [2.05, 4.69) is 54.6 Å². The average Bonchev–Trinajstić information content (AvgIpc) is 3.49. The van der Waals surface area contributed by atoms with Gasteiger partial charge < -0.3 is 30.7 Å². The summed E-state index contributed by atoms with van der Waals surface area (Å²) in [4.78, 5) is 114. The van der Waals surface area contributed by atoms with Crippen LogP contribution in [0.25, 0.3) is 33.7 Å². The number of hydrogen-bond donors (Lipinski definition) is 6. The van der Waals surface area contributed by atoms with E-state index in [9.17, 15) is 38.4 Å². The molecule has 422 valence electrons. The molecule has 2 fully saturated rings. The molecule has 20 nitrogen and oxygen atoms in total. The fourth-order valence-corrected chi connectivity index (χ4v) is 9.29. The van der Waals surface area contributed by atoms with Crippen LogP contribution in [0.4, 0.5) is 0 Å². The Hall–Kier alpha value is -8.28. The van der Waals surface area contributed by atoms with Crippen molar-refractivity contribution in [3.8, 4) is 12.3 Å². The van der Waals surface area contributed by atoms with Crippen molar-refractivity contribution < 1.29 is 47.8 Å². The van der Waals surface area contributed by atoms with Gasteiger partial charge in [-0.25, -0.2) is 10.9 Å². The van der Waals surface area contributed by atoms with Crippen molar-refractivity contribution in [3.63, 3.8) is 0 Å². The molecule has 6 N–H and O–H groups in total. The van der Waals surface area contributed by atoms with Crippen LogP contribution in [0.5, 0.6) is 0 Å². The molecular formula is C60H72N10O10. The molecule has 4 aliphatic heterocycles. The first-order valence-corrected chi connectivity index (χ1v) is 27.0. The Bertz CT molecular complexity index is 3160. The van der Waals surface area contributed by atoms with Crippen molar-refractivity contribution >= 4 is 81.1 Å². The van der Waals surface area contributed by atoms with Gasteiger partial charge in [-0.2, -0.15) is 0 Å². The molecule has 4 aliphatic rings. The summed E-state index contributed by atoms with van der Waals surface area (Å²) in [6.45, 7) is 18.1. The number of pyridine rings is 2. The number of nitrogens with zero attached hydrogens (tertiary/aromatic N) is 4. The summed E-state index contributed by atoms with van der Waals surface area (Å²) in [5, 5.41) is 17.2. The number of esters is 2. The fraction of sp³-hybridized carbons (Fsp3) is 0.433. The van der Waals surface area contributed by atoms with E-state index in [0.29, 0.717) is 50.2 Å². The summed E-state index contributed by atoms with van der Waals surface area (Å²) in [6, 6.07) is 10.1. The van der Waals surface area contributed by atoms with Crippen LogP contribution in [-0.4, -0.2) is 117 Å². The summed E-state index contributed by atoms with van der Waals surface area (Å²) < 4.78 is 11.6. The third-order valence-electron chi connectivity index (χ3n) is 14.5. The molecule has 6 amide bonds. The molecule has 4 aromatic rings. The number of amides is 6. The molecule has 0 radical (unpaired) electrons. The molecule has 6 heterocycles. The van der Waals surface area contributed by atoms with Gasteiger partial charge in [0.2, 0.25) is 23.6 Å². The van der Waals surface area contributed by atoms with Crippen molar-refractivity contribution in [3.05, 3.63) is 108 Å². The molecule has 0 saturated carbocycles. The van der Waals surface area contributed by atoms with E-state index < -0.39 is 101 Å². The minimum absolute atomic E-state index is 0.0547. The number of nitrogens with one attached hydrogen (secondary N) is 6. The van der Waals surface area contributed by atoms with Crippen LogP contribution in [0.2, 0.25) is 0 Å². The maximum Gasteiger partial charge on any atom is 0.325 e. The van der Waals surface area contributed by atoms with E-state index in [-0.39, 0.29) is 18.7 Å². The highest BCUT2D eigenvalue weighted by molar-refractivity contribution is 5.96. The molecule has 8 rings (SSSR count). The van der Waals surface area contributed by atoms with Gasteiger partial charge in [0, 0.05) is 42.7 Å². The van der Waals surface area contributed by atoms with E-state index in [4.69, 9.17) is 15.9 Å². The van der Waals surface area contributed by atoms with Crippen molar-refractivity contribution in [1.29, 1.82) is 0 Å². The summed E-state index contributed by atoms with van der Waals surface area (Å²) >= 11 is 0. The molecule has 20 heteroatoms. The van der Waals surface area contributed by atoms with Gasteiger partial charge in [0.25, 0.3) is 11.8 Å². The second kappa shape index (κ2) is 25.7. The van der Waals surface area contributed by atoms with Crippen LogP contribution >= 0.6 is 0 Å². The van der Waals surface area contributed by atoms with Crippen LogP contribution in [0.15, 0.2) is 85.7 Å². The van der Waals surface area contributed by atoms with Crippen LogP contribution < -0.4 is 32.1 Å². The van der Waals surface area contributed by atoms with Crippen molar-refractivity contribution in [2.45, 2.75) is 142 Å². The Balaban J connectivity index is 0.000000231. The number of benzene rings is 2. The van der Waals surface area contributed by atoms with Crippen LogP contribution in [0, 0.1) is 23.2 Å². The predicted octanol–water partition coefficient (Wildman–Crippen LogP) is 5.35. The van der Waals surface area contributed by atoms with Crippen molar-refractivity contribution in [1.82, 2.24) is 52.1 Å². The summed E-state index contributed by atoms with van der Waals surface area (Å²) in [7, 11) is 0. The molecule has 0 unspecified atom stereocenters. The quantitative estimate of drug-likeness (QED) is 0.0859. The number of carbonyl (C=O) groups is 8. The first-order chi connectivity index (χ1) is 38.0. The van der Waals surface area contributed by atoms with E-state index in [1.54, 1.807) is 92.1 Å². The van der Waals surface area contributed by atoms with Gasteiger partial charge in [-0.05, 0) is 146 Å². The van der Waals surface area contributed by atoms with Gasteiger partial charge >= 0.3 is 11.9 Å². The number of aromatic nitrogens is 2. The van der Waals surface area contributed by atoms with E-state index in [1.807, 2.05) is 48.5 Å². The van der Waals surface area contributed by atoms with E-state index >= 15 is 0 Å². The maximum atomic E-state index is 13.2. The molecular weight excluding hydrogens is 1020 g/mol. The summed E-state index contributed by atoms with van der Waals surface area (Å²) in [6.07, 6.45) is 18.7. The lowest BCUT2D eigenvalue weighted by Crippen LogP contribution is -2.60. The van der Waals surface area contributed by atoms with Crippen molar-refractivity contribution in [2.75, 3.05) is 13.1 Å². The third-order valence-corrected chi connectivity index (χ3v) is 14.5. The monoisotopic (exact) mass is 1090 g/mol. The van der Waals surface area contributed by atoms with E-state index in [0.717, 1.165) is 32.7 Å². The average molecular weight is 1090 g/mol. The predicted molar refractivity (Wildman–Crippen MR) is 301 cm³/mol. The third kappa shape index (κ3) is 14.7. The lowest BCUT2D eigenvalue weighted by molar-refractivity contribution is -0.158. The number of terminal acetylenes is 1. The second-order valence-electron chi connectivity index (χ2n) is 21.8. The van der Waals surface area contributed by atoms with Gasteiger partial charge in [-0.15, -0.1) is 18.9 Å². The summed E-state index contributed by atoms with van der Waals surface area (Å²) in [5.74, 6) is -1.17. The zero-order chi connectivity index (χ0) is 58.1. The lowest BCUT2D eigenvalue weighted by atomic mass is 9.90. The first-order valence-electron chi connectivity index (χ1n) is 27.0. The number of carbonyl (C=O) groups excluding carboxylic acids is 8. The van der Waals surface area contributed by atoms with E-state index in [1.165, 1.54) is 16.1 Å². The normalized spacial score (nSPS) is 26.9. The van der Waals surface area contributed by atoms with Gasteiger partial charge in [-0.1, -0.05) is 42.5 Å². The smallest absolute Gasteiger partial charge is 0.325 e. The fourth-order valence-electron chi connectivity index (χ4n) is 9.29. The lowest BCUT2D eigenvalue weighted by Gasteiger charge is -2.35. The molecule has 10 bridgehead atoms. The standard InChI is InChI=1S/C30H37N5O5.C30H35N5O5/c2*1-6-8-24-26(36)32-18(2)27(37)35-14-7-9-25(34-35)28(38)40-19(3)20-10-11-21-17-31-23(16-22(21)15-20)12-13-30(4,5)29(39)33-24/h6,10-13,15-19,24-25,34H,1,7-9,14H2,2-5H3,(H,32,36)(H,33,39);1,10-13,15-19,24-25,34H,7-9,14H2,2-5H3,(H,32,36)(H,33,39)/b2*13-12+/t2*18-,19+,24-,25-/m00/s1. The Kier molecular flexibility index (Phi) is 19.1. The highest BCUT2D eigenvalue weighted by atomic mass is 16.5. The Morgan fingerprint density at radius 3 is 1.48 bits per heavy atom. The maximum absolute atomic E-state index is 13.2. The Labute approximate surface area is 466 Å². The minimum Gasteiger partial charge on any atom is -0.457 e. The molecule has 2 saturated heterocycles. The second-order valence-corrected chi connectivity index (χ2v) is 21.8. The molecule has 8 atom stereocenters. The first kappa shape index (κ1) is 59.4. The number of hydrogen-bond acceptors (Lipinski definition) is 14. The van der Waals surface area contributed by atoms with Crippen LogP contribution in [0.3, 0.4) is 0 Å². The highest BCUT2D eigenvalue weighted by Gasteiger charge is 2.37. The number of ether oxygens (including phenoxy) is 2.